The number of likely N-dealkylation sites (N-methyl/N-ethyl adjacent to an activating group) is 1. The summed E-state index contributed by atoms with van der Waals surface area (Å²) in [5.74, 6) is -0.0230. The number of pyridine rings is 1. The Balaban J connectivity index is 1.23. The van der Waals surface area contributed by atoms with Crippen LogP contribution in [-0.2, 0) is 16.0 Å². The number of piperazine rings is 1. The van der Waals surface area contributed by atoms with Crippen LogP contribution in [0.15, 0.2) is 54.9 Å². The lowest BCUT2D eigenvalue weighted by Crippen LogP contribution is -2.49. The average molecular weight is 393 g/mol. The fraction of sp³-hybridized carbons (Fsp3) is 0.435. The third kappa shape index (κ3) is 4.58. The molecule has 2 amide bonds. The van der Waals surface area contributed by atoms with Crippen LogP contribution in [-0.4, -0.2) is 66.4 Å². The van der Waals surface area contributed by atoms with Gasteiger partial charge in [-0.3, -0.25) is 14.6 Å². The molecule has 0 spiro atoms. The van der Waals surface area contributed by atoms with E-state index in [1.165, 1.54) is 11.3 Å². The minimum absolute atomic E-state index is 0.0975. The molecular formula is C23H28N4O2. The van der Waals surface area contributed by atoms with E-state index in [1.54, 1.807) is 17.3 Å². The molecule has 1 aliphatic carbocycles. The van der Waals surface area contributed by atoms with Gasteiger partial charge in [-0.25, -0.2) is 0 Å². The smallest absolute Gasteiger partial charge is 0.226 e. The molecule has 2 aromatic rings. The van der Waals surface area contributed by atoms with Crippen LogP contribution in [0.3, 0.4) is 0 Å². The van der Waals surface area contributed by atoms with Crippen LogP contribution >= 0.6 is 0 Å². The fourth-order valence-electron chi connectivity index (χ4n) is 4.04. The van der Waals surface area contributed by atoms with E-state index >= 15 is 0 Å². The second kappa shape index (κ2) is 8.64. The Morgan fingerprint density at radius 3 is 2.38 bits per heavy atom. The highest BCUT2D eigenvalue weighted by Crippen LogP contribution is 2.41. The van der Waals surface area contributed by atoms with Crippen molar-refractivity contribution >= 4 is 17.5 Å². The minimum atomic E-state index is -0.142. The second-order valence-corrected chi connectivity index (χ2v) is 7.96. The Labute approximate surface area is 172 Å². The molecule has 6 heteroatoms. The monoisotopic (exact) mass is 392 g/mol. The van der Waals surface area contributed by atoms with Gasteiger partial charge in [-0.1, -0.05) is 18.2 Å². The van der Waals surface area contributed by atoms with Crippen molar-refractivity contribution in [1.29, 1.82) is 0 Å². The van der Waals surface area contributed by atoms with Gasteiger partial charge in [-0.2, -0.15) is 0 Å². The number of nitrogens with zero attached hydrogens (tertiary/aromatic N) is 4. The number of rotatable bonds is 6. The van der Waals surface area contributed by atoms with E-state index in [0.717, 1.165) is 32.6 Å². The number of benzene rings is 1. The van der Waals surface area contributed by atoms with Crippen LogP contribution in [0.25, 0.3) is 0 Å². The van der Waals surface area contributed by atoms with Gasteiger partial charge < -0.3 is 14.7 Å². The van der Waals surface area contributed by atoms with E-state index in [0.29, 0.717) is 13.0 Å². The van der Waals surface area contributed by atoms with Gasteiger partial charge in [0.15, 0.2) is 0 Å². The van der Waals surface area contributed by atoms with E-state index in [-0.39, 0.29) is 23.7 Å². The van der Waals surface area contributed by atoms with Crippen molar-refractivity contribution in [2.24, 2.45) is 11.8 Å². The van der Waals surface area contributed by atoms with Crippen LogP contribution in [0, 0.1) is 11.8 Å². The number of amides is 2. The maximum atomic E-state index is 12.9. The molecule has 1 aromatic carbocycles. The molecule has 0 bridgehead atoms. The van der Waals surface area contributed by atoms with Gasteiger partial charge in [0.25, 0.3) is 0 Å². The maximum Gasteiger partial charge on any atom is 0.226 e. The van der Waals surface area contributed by atoms with Gasteiger partial charge in [-0.05, 0) is 42.7 Å². The molecule has 152 valence electrons. The molecule has 2 atom stereocenters. The maximum absolute atomic E-state index is 12.9. The summed E-state index contributed by atoms with van der Waals surface area (Å²) in [4.78, 5) is 35.6. The lowest BCUT2D eigenvalue weighted by molar-refractivity contribution is -0.137. The normalized spacial score (nSPS) is 21.0. The molecule has 6 nitrogen and oxygen atoms in total. The first-order valence-corrected chi connectivity index (χ1v) is 10.4. The molecule has 4 rings (SSSR count). The third-order valence-electron chi connectivity index (χ3n) is 6.00. The molecule has 1 saturated heterocycles. The SMILES string of the molecule is CN(CCc1ccncc1)C(=O)C1CC1C(=O)N1CCN(c2ccccc2)CC1. The van der Waals surface area contributed by atoms with Crippen molar-refractivity contribution < 1.29 is 9.59 Å². The van der Waals surface area contributed by atoms with E-state index < -0.39 is 0 Å². The number of aromatic nitrogens is 1. The molecule has 0 N–H and O–H groups in total. The standard InChI is InChI=1S/C23H28N4O2/c1-25(12-9-18-7-10-24-11-8-18)22(28)20-17-21(20)23(29)27-15-13-26(14-16-27)19-5-3-2-4-6-19/h2-8,10-11,20-21H,9,12-17H2,1H3. The number of anilines is 1. The van der Waals surface area contributed by atoms with Gasteiger partial charge >= 0.3 is 0 Å². The van der Waals surface area contributed by atoms with Crippen molar-refractivity contribution in [3.63, 3.8) is 0 Å². The number of carbonyl (C=O) groups is 2. The van der Waals surface area contributed by atoms with Crippen LogP contribution in [0.4, 0.5) is 5.69 Å². The molecule has 2 unspecified atom stereocenters. The molecule has 2 heterocycles. The average Bonchev–Trinajstić information content (AvgIpc) is 3.59. The highest BCUT2D eigenvalue weighted by atomic mass is 16.2. The highest BCUT2D eigenvalue weighted by molar-refractivity contribution is 5.92. The zero-order valence-electron chi connectivity index (χ0n) is 16.9. The summed E-state index contributed by atoms with van der Waals surface area (Å²) in [5.41, 5.74) is 2.37. The molecule has 1 saturated carbocycles. The van der Waals surface area contributed by atoms with Crippen molar-refractivity contribution in [3.8, 4) is 0 Å². The van der Waals surface area contributed by atoms with Crippen molar-refractivity contribution in [3.05, 3.63) is 60.4 Å². The Morgan fingerprint density at radius 1 is 1.00 bits per heavy atom. The Kier molecular flexibility index (Phi) is 5.79. The molecule has 0 radical (unpaired) electrons. The summed E-state index contributed by atoms with van der Waals surface area (Å²) in [6.07, 6.45) is 5.03. The second-order valence-electron chi connectivity index (χ2n) is 7.96. The van der Waals surface area contributed by atoms with Gasteiger partial charge in [0, 0.05) is 57.9 Å². The van der Waals surface area contributed by atoms with Gasteiger partial charge in [0.1, 0.15) is 0 Å². The number of para-hydroxylation sites is 1. The number of hydrogen-bond acceptors (Lipinski definition) is 4. The highest BCUT2D eigenvalue weighted by Gasteiger charge is 2.50. The molecule has 29 heavy (non-hydrogen) atoms. The summed E-state index contributed by atoms with van der Waals surface area (Å²) < 4.78 is 0. The predicted octanol–water partition coefficient (Wildman–Crippen LogP) is 2.07. The number of hydrogen-bond donors (Lipinski definition) is 0. The first-order valence-electron chi connectivity index (χ1n) is 10.4. The summed E-state index contributed by atoms with van der Waals surface area (Å²) in [6.45, 7) is 3.79. The van der Waals surface area contributed by atoms with Gasteiger partial charge in [-0.15, -0.1) is 0 Å². The number of carbonyl (C=O) groups excluding carboxylic acids is 2. The van der Waals surface area contributed by atoms with Gasteiger partial charge in [0.05, 0.1) is 11.8 Å². The molecular weight excluding hydrogens is 364 g/mol. The lowest BCUT2D eigenvalue weighted by Gasteiger charge is -2.36. The minimum Gasteiger partial charge on any atom is -0.368 e. The van der Waals surface area contributed by atoms with Gasteiger partial charge in [0.2, 0.25) is 11.8 Å². The Hall–Kier alpha value is -2.89. The molecule has 1 aliphatic heterocycles. The third-order valence-corrected chi connectivity index (χ3v) is 6.00. The van der Waals surface area contributed by atoms with Crippen LogP contribution in [0.5, 0.6) is 0 Å². The van der Waals surface area contributed by atoms with Crippen molar-refractivity contribution in [2.45, 2.75) is 12.8 Å². The Morgan fingerprint density at radius 2 is 1.69 bits per heavy atom. The first kappa shape index (κ1) is 19.4. The topological polar surface area (TPSA) is 56.8 Å². The zero-order chi connectivity index (χ0) is 20.2. The van der Waals surface area contributed by atoms with E-state index in [1.807, 2.05) is 42.3 Å². The van der Waals surface area contributed by atoms with Crippen LogP contribution < -0.4 is 4.90 Å². The largest absolute Gasteiger partial charge is 0.368 e. The first-order chi connectivity index (χ1) is 14.1. The van der Waals surface area contributed by atoms with Crippen LogP contribution in [0.2, 0.25) is 0 Å². The molecule has 1 aromatic heterocycles. The fourth-order valence-corrected chi connectivity index (χ4v) is 4.04. The molecule has 2 aliphatic rings. The summed E-state index contributed by atoms with van der Waals surface area (Å²) >= 11 is 0. The van der Waals surface area contributed by atoms with Crippen molar-refractivity contribution in [1.82, 2.24) is 14.8 Å². The summed E-state index contributed by atoms with van der Waals surface area (Å²) in [5, 5.41) is 0. The Bertz CT molecular complexity index is 834. The lowest BCUT2D eigenvalue weighted by atomic mass is 10.2. The zero-order valence-corrected chi connectivity index (χ0v) is 16.9. The van der Waals surface area contributed by atoms with E-state index in [9.17, 15) is 9.59 Å². The summed E-state index contributed by atoms with van der Waals surface area (Å²) in [6, 6.07) is 14.2. The van der Waals surface area contributed by atoms with Crippen LogP contribution in [0.1, 0.15) is 12.0 Å². The molecule has 2 fully saturated rings. The van der Waals surface area contributed by atoms with E-state index in [2.05, 4.69) is 22.0 Å². The van der Waals surface area contributed by atoms with E-state index in [4.69, 9.17) is 0 Å². The quantitative estimate of drug-likeness (QED) is 0.755. The predicted molar refractivity (Wildman–Crippen MR) is 112 cm³/mol. The van der Waals surface area contributed by atoms with Crippen molar-refractivity contribution in [2.75, 3.05) is 44.7 Å². The summed E-state index contributed by atoms with van der Waals surface area (Å²) in [7, 11) is 1.84.